The number of nitrogens with one attached hydrogen (secondary N) is 1. The van der Waals surface area contributed by atoms with Crippen LogP contribution in [0, 0.1) is 0 Å². The number of carbonyl (C=O) groups is 2. The van der Waals surface area contributed by atoms with Crippen molar-refractivity contribution in [3.63, 3.8) is 0 Å². The molecule has 27 heavy (non-hydrogen) atoms. The molecular weight excluding hydrogens is 344 g/mol. The number of benzene rings is 1. The molecule has 2 amide bonds. The molecule has 3 rings (SSSR count). The van der Waals surface area contributed by atoms with Crippen molar-refractivity contribution in [2.45, 2.75) is 25.8 Å². The molecule has 1 aromatic carbocycles. The molecule has 7 nitrogen and oxygen atoms in total. The van der Waals surface area contributed by atoms with Crippen LogP contribution in [0.5, 0.6) is 5.75 Å². The Labute approximate surface area is 161 Å². The second-order valence-corrected chi connectivity index (χ2v) is 7.11. The Bertz CT molecular complexity index is 641. The van der Waals surface area contributed by atoms with Crippen LogP contribution in [0.1, 0.15) is 19.8 Å². The quantitative estimate of drug-likeness (QED) is 0.540. The van der Waals surface area contributed by atoms with Gasteiger partial charge in [-0.25, -0.2) is 4.90 Å². The molecule has 1 N–H and O–H groups in total. The summed E-state index contributed by atoms with van der Waals surface area (Å²) >= 11 is 0. The van der Waals surface area contributed by atoms with Gasteiger partial charge in [-0.1, -0.05) is 6.92 Å². The van der Waals surface area contributed by atoms with Gasteiger partial charge in [-0.3, -0.25) is 9.59 Å². The van der Waals surface area contributed by atoms with E-state index in [1.165, 1.54) is 4.90 Å². The Balaban J connectivity index is 1.43. The molecule has 0 bridgehead atoms. The van der Waals surface area contributed by atoms with Gasteiger partial charge in [0.2, 0.25) is 5.91 Å². The Hall–Kier alpha value is -1.96. The lowest BCUT2D eigenvalue weighted by Gasteiger charge is -2.34. The van der Waals surface area contributed by atoms with E-state index in [9.17, 15) is 9.59 Å². The van der Waals surface area contributed by atoms with Crippen LogP contribution in [-0.2, 0) is 9.59 Å². The van der Waals surface area contributed by atoms with Gasteiger partial charge in [-0.2, -0.15) is 0 Å². The molecule has 2 aliphatic rings. The molecule has 0 unspecified atom stereocenters. The summed E-state index contributed by atoms with van der Waals surface area (Å²) in [6.45, 7) is 9.59. The van der Waals surface area contributed by atoms with Crippen molar-refractivity contribution in [3.8, 4) is 5.75 Å². The highest BCUT2D eigenvalue weighted by atomic mass is 16.5. The van der Waals surface area contributed by atoms with Gasteiger partial charge in [-0.05, 0) is 50.3 Å². The predicted octanol–water partition coefficient (Wildman–Crippen LogP) is 0.944. The van der Waals surface area contributed by atoms with E-state index in [0.717, 1.165) is 52.2 Å². The summed E-state index contributed by atoms with van der Waals surface area (Å²) in [5, 5.41) is 3.27. The van der Waals surface area contributed by atoms with Gasteiger partial charge < -0.3 is 19.9 Å². The van der Waals surface area contributed by atoms with Crippen molar-refractivity contribution < 1.29 is 14.3 Å². The van der Waals surface area contributed by atoms with Crippen molar-refractivity contribution in [2.75, 3.05) is 57.8 Å². The van der Waals surface area contributed by atoms with Crippen molar-refractivity contribution in [1.82, 2.24) is 15.1 Å². The van der Waals surface area contributed by atoms with E-state index in [-0.39, 0.29) is 18.2 Å². The first kappa shape index (κ1) is 19.8. The minimum absolute atomic E-state index is 0.154. The Morgan fingerprint density at radius 2 is 1.74 bits per heavy atom. The van der Waals surface area contributed by atoms with Crippen LogP contribution in [0.3, 0.4) is 0 Å². The first-order valence-electron chi connectivity index (χ1n) is 9.81. The van der Waals surface area contributed by atoms with Crippen molar-refractivity contribution in [2.24, 2.45) is 0 Å². The average Bonchev–Trinajstić information content (AvgIpc) is 2.99. The fourth-order valence-corrected chi connectivity index (χ4v) is 3.70. The largest absolute Gasteiger partial charge is 0.497 e. The zero-order valence-corrected chi connectivity index (χ0v) is 16.3. The number of rotatable bonds is 8. The number of ether oxygens (including phenoxy) is 1. The molecule has 148 valence electrons. The first-order valence-corrected chi connectivity index (χ1v) is 9.81. The number of imide groups is 1. The second-order valence-electron chi connectivity index (χ2n) is 7.11. The summed E-state index contributed by atoms with van der Waals surface area (Å²) in [7, 11) is 1.59. The van der Waals surface area contributed by atoms with Crippen LogP contribution in [0.15, 0.2) is 24.3 Å². The minimum atomic E-state index is -0.420. The molecule has 0 aromatic heterocycles. The molecule has 0 aliphatic carbocycles. The van der Waals surface area contributed by atoms with E-state index >= 15 is 0 Å². The minimum Gasteiger partial charge on any atom is -0.497 e. The molecule has 7 heteroatoms. The van der Waals surface area contributed by atoms with E-state index < -0.39 is 6.04 Å². The number of amides is 2. The van der Waals surface area contributed by atoms with E-state index in [2.05, 4.69) is 22.0 Å². The molecule has 2 heterocycles. The van der Waals surface area contributed by atoms with Crippen LogP contribution in [0.25, 0.3) is 0 Å². The maximum atomic E-state index is 12.6. The van der Waals surface area contributed by atoms with Gasteiger partial charge in [-0.15, -0.1) is 0 Å². The summed E-state index contributed by atoms with van der Waals surface area (Å²) < 4.78 is 5.13. The van der Waals surface area contributed by atoms with E-state index in [4.69, 9.17) is 4.74 Å². The van der Waals surface area contributed by atoms with Crippen molar-refractivity contribution in [3.05, 3.63) is 24.3 Å². The van der Waals surface area contributed by atoms with Crippen LogP contribution in [-0.4, -0.2) is 80.6 Å². The lowest BCUT2D eigenvalue weighted by atomic mass is 10.2. The normalized spacial score (nSPS) is 21.9. The lowest BCUT2D eigenvalue weighted by molar-refractivity contribution is -0.121. The maximum absolute atomic E-state index is 12.6. The third kappa shape index (κ3) is 4.86. The summed E-state index contributed by atoms with van der Waals surface area (Å²) in [6.07, 6.45) is 1.20. The number of piperazine rings is 1. The molecule has 1 aromatic rings. The fraction of sp³-hybridized carbons (Fsp3) is 0.600. The van der Waals surface area contributed by atoms with Crippen LogP contribution < -0.4 is 15.0 Å². The molecule has 1 atom stereocenters. The fourth-order valence-electron chi connectivity index (χ4n) is 3.70. The zero-order valence-electron chi connectivity index (χ0n) is 16.3. The highest BCUT2D eigenvalue weighted by Crippen LogP contribution is 2.25. The third-order valence-corrected chi connectivity index (χ3v) is 5.43. The summed E-state index contributed by atoms with van der Waals surface area (Å²) in [5.41, 5.74) is 0.601. The van der Waals surface area contributed by atoms with Crippen LogP contribution in [0.2, 0.25) is 0 Å². The molecule has 2 saturated heterocycles. The Kier molecular flexibility index (Phi) is 6.82. The molecule has 2 aliphatic heterocycles. The molecule has 2 fully saturated rings. The standard InChI is InChI=1S/C20H30N4O3/c1-3-22-11-13-23(14-12-22)10-4-9-21-18-15-19(25)24(20(18)26)16-5-7-17(27-2)8-6-16/h5-8,18,21H,3-4,9-15H2,1-2H3/t18-/m1/s1. The summed E-state index contributed by atoms with van der Waals surface area (Å²) in [5.74, 6) is 0.382. The number of anilines is 1. The average molecular weight is 374 g/mol. The van der Waals surface area contributed by atoms with Gasteiger partial charge in [0.05, 0.1) is 25.3 Å². The number of carbonyl (C=O) groups excluding carboxylic acids is 2. The third-order valence-electron chi connectivity index (χ3n) is 5.43. The smallest absolute Gasteiger partial charge is 0.251 e. The molecular formula is C20H30N4O3. The van der Waals surface area contributed by atoms with E-state index in [1.54, 1.807) is 31.4 Å². The van der Waals surface area contributed by atoms with Crippen molar-refractivity contribution >= 4 is 17.5 Å². The number of nitrogens with zero attached hydrogens (tertiary/aromatic N) is 3. The SMILES string of the molecule is CCN1CCN(CCCN[C@@H]2CC(=O)N(c3ccc(OC)cc3)C2=O)CC1. The molecule has 0 radical (unpaired) electrons. The highest BCUT2D eigenvalue weighted by Gasteiger charge is 2.39. The van der Waals surface area contributed by atoms with E-state index in [0.29, 0.717) is 11.4 Å². The number of hydrogen-bond donors (Lipinski definition) is 1. The maximum Gasteiger partial charge on any atom is 0.251 e. The number of likely N-dealkylation sites (N-methyl/N-ethyl adjacent to an activating group) is 1. The van der Waals surface area contributed by atoms with Gasteiger partial charge in [0.15, 0.2) is 0 Å². The van der Waals surface area contributed by atoms with Crippen LogP contribution in [0.4, 0.5) is 5.69 Å². The van der Waals surface area contributed by atoms with Gasteiger partial charge in [0.1, 0.15) is 5.75 Å². The van der Waals surface area contributed by atoms with Gasteiger partial charge >= 0.3 is 0 Å². The highest BCUT2D eigenvalue weighted by molar-refractivity contribution is 6.22. The summed E-state index contributed by atoms with van der Waals surface area (Å²) in [6, 6.07) is 6.58. The number of hydrogen-bond acceptors (Lipinski definition) is 6. The molecule has 0 spiro atoms. The lowest BCUT2D eigenvalue weighted by Crippen LogP contribution is -2.47. The first-order chi connectivity index (χ1) is 13.1. The summed E-state index contributed by atoms with van der Waals surface area (Å²) in [4.78, 5) is 31.2. The second kappa shape index (κ2) is 9.30. The zero-order chi connectivity index (χ0) is 19.2. The number of methoxy groups -OCH3 is 1. The monoisotopic (exact) mass is 374 g/mol. The van der Waals surface area contributed by atoms with Crippen LogP contribution >= 0.6 is 0 Å². The van der Waals surface area contributed by atoms with Gasteiger partial charge in [0, 0.05) is 26.2 Å². The van der Waals surface area contributed by atoms with E-state index in [1.807, 2.05) is 0 Å². The Morgan fingerprint density at radius 1 is 1.07 bits per heavy atom. The predicted molar refractivity (Wildman–Crippen MR) is 105 cm³/mol. The topological polar surface area (TPSA) is 65.1 Å². The Morgan fingerprint density at radius 3 is 2.37 bits per heavy atom. The molecule has 0 saturated carbocycles. The van der Waals surface area contributed by atoms with Gasteiger partial charge in [0.25, 0.3) is 5.91 Å². The van der Waals surface area contributed by atoms with Crippen molar-refractivity contribution in [1.29, 1.82) is 0 Å².